The van der Waals surface area contributed by atoms with Gasteiger partial charge in [-0.3, -0.25) is 4.79 Å². The first kappa shape index (κ1) is 20.5. The Labute approximate surface area is 159 Å². The molecule has 1 aliphatic heterocycles. The Morgan fingerprint density at radius 1 is 1.42 bits per heavy atom. The number of aryl methyl sites for hydroxylation is 1. The van der Waals surface area contributed by atoms with Gasteiger partial charge in [-0.1, -0.05) is 18.2 Å². The number of sulfonamides is 1. The molecule has 1 aromatic rings. The summed E-state index contributed by atoms with van der Waals surface area (Å²) in [5.41, 5.74) is 1.70. The average molecular weight is 402 g/mol. The van der Waals surface area contributed by atoms with Crippen LogP contribution in [0.3, 0.4) is 0 Å². The van der Waals surface area contributed by atoms with Crippen molar-refractivity contribution in [2.45, 2.75) is 25.8 Å². The van der Waals surface area contributed by atoms with E-state index in [1.54, 1.807) is 17.0 Å². The minimum atomic E-state index is -3.44. The van der Waals surface area contributed by atoms with Gasteiger partial charge in [0.2, 0.25) is 15.9 Å². The number of halogens is 1. The van der Waals surface area contributed by atoms with Crippen molar-refractivity contribution in [3.8, 4) is 5.75 Å². The number of anilines is 1. The number of piperidine rings is 1. The summed E-state index contributed by atoms with van der Waals surface area (Å²) in [5.74, 6) is 0.505. The zero-order valence-electron chi connectivity index (χ0n) is 14.9. The Morgan fingerprint density at radius 3 is 2.65 bits per heavy atom. The fourth-order valence-electron chi connectivity index (χ4n) is 2.81. The number of nitrogens with one attached hydrogen (secondary N) is 2. The summed E-state index contributed by atoms with van der Waals surface area (Å²) in [7, 11) is -1.90. The first-order chi connectivity index (χ1) is 12.3. The van der Waals surface area contributed by atoms with Gasteiger partial charge in [0.1, 0.15) is 5.75 Å². The second kappa shape index (κ2) is 8.75. The molecule has 0 atom stereocenters. The lowest BCUT2D eigenvalue weighted by Gasteiger charge is -2.32. The molecule has 1 fully saturated rings. The third-order valence-electron chi connectivity index (χ3n) is 4.33. The largest absolute Gasteiger partial charge is 0.495 e. The van der Waals surface area contributed by atoms with Crippen LogP contribution in [0, 0.1) is 6.92 Å². The molecule has 26 heavy (non-hydrogen) atoms. The van der Waals surface area contributed by atoms with Gasteiger partial charge in [-0.15, -0.1) is 0 Å². The third-order valence-corrected chi connectivity index (χ3v) is 5.72. The molecule has 1 heterocycles. The van der Waals surface area contributed by atoms with E-state index in [9.17, 15) is 13.2 Å². The van der Waals surface area contributed by atoms with Crippen molar-refractivity contribution in [2.75, 3.05) is 32.1 Å². The zero-order chi connectivity index (χ0) is 19.3. The lowest BCUT2D eigenvalue weighted by Crippen LogP contribution is -2.47. The standard InChI is InChI=1S/C17H24ClN3O4S/c1-4-26(23,24)20-13-5-7-21(8-6-13)17(22)11-19-15-10-16(25-3)14(18)9-12(15)2/h4,9-10,13,19-20H,1,5-8,11H2,2-3H3. The topological polar surface area (TPSA) is 87.7 Å². The number of hydrogen-bond donors (Lipinski definition) is 2. The highest BCUT2D eigenvalue weighted by Crippen LogP contribution is 2.30. The molecule has 0 bridgehead atoms. The molecule has 9 heteroatoms. The van der Waals surface area contributed by atoms with E-state index in [0.29, 0.717) is 36.7 Å². The number of ether oxygens (including phenoxy) is 1. The molecule has 1 amide bonds. The molecule has 144 valence electrons. The second-order valence-electron chi connectivity index (χ2n) is 6.14. The number of methoxy groups -OCH3 is 1. The predicted octanol–water partition coefficient (Wildman–Crippen LogP) is 2.12. The van der Waals surface area contributed by atoms with Crippen LogP contribution in [0.2, 0.25) is 5.02 Å². The highest BCUT2D eigenvalue weighted by molar-refractivity contribution is 7.92. The summed E-state index contributed by atoms with van der Waals surface area (Å²) in [4.78, 5) is 14.1. The average Bonchev–Trinajstić information content (AvgIpc) is 2.61. The van der Waals surface area contributed by atoms with Gasteiger partial charge in [-0.25, -0.2) is 13.1 Å². The Bertz CT molecular complexity index is 774. The summed E-state index contributed by atoms with van der Waals surface area (Å²) in [5, 5.41) is 4.54. The van der Waals surface area contributed by atoms with Crippen LogP contribution in [0.4, 0.5) is 5.69 Å². The van der Waals surface area contributed by atoms with E-state index in [0.717, 1.165) is 16.7 Å². The lowest BCUT2D eigenvalue weighted by molar-refractivity contribution is -0.130. The number of carbonyl (C=O) groups is 1. The molecular weight excluding hydrogens is 378 g/mol. The summed E-state index contributed by atoms with van der Waals surface area (Å²) in [6.07, 6.45) is 1.15. The minimum Gasteiger partial charge on any atom is -0.495 e. The quantitative estimate of drug-likeness (QED) is 0.730. The summed E-state index contributed by atoms with van der Waals surface area (Å²) in [6.45, 7) is 6.34. The van der Waals surface area contributed by atoms with Crippen molar-refractivity contribution in [3.63, 3.8) is 0 Å². The maximum absolute atomic E-state index is 12.4. The number of likely N-dealkylation sites (tertiary alicyclic amines) is 1. The second-order valence-corrected chi connectivity index (χ2v) is 8.21. The van der Waals surface area contributed by atoms with Gasteiger partial charge >= 0.3 is 0 Å². The molecule has 0 spiro atoms. The van der Waals surface area contributed by atoms with Crippen molar-refractivity contribution in [1.82, 2.24) is 9.62 Å². The maximum atomic E-state index is 12.4. The number of amides is 1. The zero-order valence-corrected chi connectivity index (χ0v) is 16.5. The Hall–Kier alpha value is -1.77. The Balaban J connectivity index is 1.87. The van der Waals surface area contributed by atoms with E-state index in [1.165, 1.54) is 7.11 Å². The van der Waals surface area contributed by atoms with Crippen LogP contribution in [-0.2, 0) is 14.8 Å². The molecule has 0 unspecified atom stereocenters. The van der Waals surface area contributed by atoms with E-state index in [4.69, 9.17) is 16.3 Å². The molecule has 1 saturated heterocycles. The predicted molar refractivity (Wildman–Crippen MR) is 103 cm³/mol. The van der Waals surface area contributed by atoms with Crippen molar-refractivity contribution >= 4 is 33.2 Å². The highest BCUT2D eigenvalue weighted by Gasteiger charge is 2.24. The monoisotopic (exact) mass is 401 g/mol. The molecule has 2 rings (SSSR count). The van der Waals surface area contributed by atoms with Gasteiger partial charge in [0.15, 0.2) is 0 Å². The van der Waals surface area contributed by atoms with Crippen LogP contribution in [-0.4, -0.2) is 52.0 Å². The van der Waals surface area contributed by atoms with Crippen molar-refractivity contribution in [3.05, 3.63) is 34.7 Å². The summed E-state index contributed by atoms with van der Waals surface area (Å²) in [6, 6.07) is 3.38. The first-order valence-electron chi connectivity index (χ1n) is 8.26. The molecule has 1 aromatic carbocycles. The summed E-state index contributed by atoms with van der Waals surface area (Å²) < 4.78 is 30.8. The van der Waals surface area contributed by atoms with Crippen LogP contribution in [0.25, 0.3) is 0 Å². The highest BCUT2D eigenvalue weighted by atomic mass is 35.5. The first-order valence-corrected chi connectivity index (χ1v) is 10.2. The Kier molecular flexibility index (Phi) is 6.91. The smallest absolute Gasteiger partial charge is 0.241 e. The molecule has 0 saturated carbocycles. The van der Waals surface area contributed by atoms with Gasteiger partial charge in [0.05, 0.1) is 18.7 Å². The summed E-state index contributed by atoms with van der Waals surface area (Å²) >= 11 is 6.07. The minimum absolute atomic E-state index is 0.0386. The van der Waals surface area contributed by atoms with Crippen LogP contribution >= 0.6 is 11.6 Å². The number of hydrogen-bond acceptors (Lipinski definition) is 5. The van der Waals surface area contributed by atoms with E-state index in [1.807, 2.05) is 6.92 Å². The Morgan fingerprint density at radius 2 is 2.08 bits per heavy atom. The van der Waals surface area contributed by atoms with Crippen molar-refractivity contribution in [2.24, 2.45) is 0 Å². The van der Waals surface area contributed by atoms with Gasteiger partial charge in [-0.05, 0) is 31.4 Å². The third kappa shape index (κ3) is 5.36. The fraction of sp³-hybridized carbons (Fsp3) is 0.471. The van der Waals surface area contributed by atoms with E-state index in [-0.39, 0.29) is 18.5 Å². The van der Waals surface area contributed by atoms with Crippen LogP contribution < -0.4 is 14.8 Å². The van der Waals surface area contributed by atoms with E-state index < -0.39 is 10.0 Å². The van der Waals surface area contributed by atoms with E-state index in [2.05, 4.69) is 16.6 Å². The number of nitrogens with zero attached hydrogens (tertiary/aromatic N) is 1. The maximum Gasteiger partial charge on any atom is 0.241 e. The molecule has 0 aromatic heterocycles. The number of rotatable bonds is 7. The van der Waals surface area contributed by atoms with Crippen LogP contribution in [0.5, 0.6) is 5.75 Å². The van der Waals surface area contributed by atoms with Gasteiger partial charge in [0.25, 0.3) is 0 Å². The van der Waals surface area contributed by atoms with Gasteiger partial charge in [-0.2, -0.15) is 0 Å². The van der Waals surface area contributed by atoms with E-state index >= 15 is 0 Å². The number of carbonyl (C=O) groups excluding carboxylic acids is 1. The van der Waals surface area contributed by atoms with Gasteiger partial charge in [0, 0.05) is 36.3 Å². The molecule has 0 aliphatic carbocycles. The molecule has 2 N–H and O–H groups in total. The van der Waals surface area contributed by atoms with Gasteiger partial charge < -0.3 is 15.0 Å². The molecular formula is C17H24ClN3O4S. The van der Waals surface area contributed by atoms with Crippen molar-refractivity contribution < 1.29 is 17.9 Å². The van der Waals surface area contributed by atoms with Crippen LogP contribution in [0.15, 0.2) is 24.1 Å². The molecule has 1 aliphatic rings. The SMILES string of the molecule is C=CS(=O)(=O)NC1CCN(C(=O)CNc2cc(OC)c(Cl)cc2C)CC1. The number of benzene rings is 1. The van der Waals surface area contributed by atoms with Crippen LogP contribution in [0.1, 0.15) is 18.4 Å². The fourth-order valence-corrected chi connectivity index (χ4v) is 3.90. The van der Waals surface area contributed by atoms with Crippen molar-refractivity contribution in [1.29, 1.82) is 0 Å². The molecule has 0 radical (unpaired) electrons. The lowest BCUT2D eigenvalue weighted by atomic mass is 10.1. The molecule has 7 nitrogen and oxygen atoms in total. The normalized spacial score (nSPS) is 15.6.